The maximum atomic E-state index is 11.0. The average Bonchev–Trinajstić information content (AvgIpc) is 2.15. The van der Waals surface area contributed by atoms with Gasteiger partial charge in [-0.1, -0.05) is 36.0 Å². The number of carbonyl (C=O) groups is 1. The molecule has 1 atom stereocenters. The van der Waals surface area contributed by atoms with E-state index in [1.54, 1.807) is 13.0 Å². The normalized spacial score (nSPS) is 28.1. The molecule has 0 fully saturated rings. The van der Waals surface area contributed by atoms with Crippen LogP contribution in [-0.4, -0.2) is 5.24 Å². The van der Waals surface area contributed by atoms with E-state index in [-0.39, 0.29) is 5.24 Å². The van der Waals surface area contributed by atoms with Gasteiger partial charge in [0.2, 0.25) is 5.24 Å². The number of hydrogen-bond donors (Lipinski definition) is 0. The molecule has 0 amide bonds. The van der Waals surface area contributed by atoms with E-state index in [4.69, 9.17) is 11.6 Å². The van der Waals surface area contributed by atoms with Crippen LogP contribution < -0.4 is 0 Å². The monoisotopic (exact) mass is 182 g/mol. The zero-order chi connectivity index (χ0) is 9.19. The SMILES string of the molecule is CC1=CC=CC(C)(C(=O)Cl)C=C1. The van der Waals surface area contributed by atoms with Crippen molar-refractivity contribution < 1.29 is 4.79 Å². The maximum Gasteiger partial charge on any atom is 0.235 e. The molecule has 2 heteroatoms. The highest BCUT2D eigenvalue weighted by molar-refractivity contribution is 6.65. The number of allylic oxidation sites excluding steroid dienone is 6. The summed E-state index contributed by atoms with van der Waals surface area (Å²) in [6.45, 7) is 3.77. The minimum absolute atomic E-state index is 0.349. The zero-order valence-corrected chi connectivity index (χ0v) is 7.93. The van der Waals surface area contributed by atoms with E-state index in [2.05, 4.69) is 0 Å². The highest BCUT2D eigenvalue weighted by Gasteiger charge is 2.25. The Morgan fingerprint density at radius 3 is 2.75 bits per heavy atom. The summed E-state index contributed by atoms with van der Waals surface area (Å²) in [5.74, 6) is 0. The van der Waals surface area contributed by atoms with Crippen LogP contribution in [0.2, 0.25) is 0 Å². The van der Waals surface area contributed by atoms with Crippen molar-refractivity contribution in [1.29, 1.82) is 0 Å². The number of halogens is 1. The minimum Gasteiger partial charge on any atom is -0.280 e. The molecule has 0 N–H and O–H groups in total. The molecule has 12 heavy (non-hydrogen) atoms. The van der Waals surface area contributed by atoms with Crippen molar-refractivity contribution in [2.75, 3.05) is 0 Å². The Morgan fingerprint density at radius 1 is 1.50 bits per heavy atom. The minimum atomic E-state index is -0.643. The molecule has 0 bridgehead atoms. The van der Waals surface area contributed by atoms with Crippen LogP contribution in [0.15, 0.2) is 36.0 Å². The van der Waals surface area contributed by atoms with Crippen LogP contribution in [0.3, 0.4) is 0 Å². The Bertz CT molecular complexity index is 286. The van der Waals surface area contributed by atoms with Gasteiger partial charge in [0.1, 0.15) is 0 Å². The summed E-state index contributed by atoms with van der Waals surface area (Å²) in [7, 11) is 0. The summed E-state index contributed by atoms with van der Waals surface area (Å²) in [4.78, 5) is 11.0. The zero-order valence-electron chi connectivity index (χ0n) is 7.17. The van der Waals surface area contributed by atoms with Crippen LogP contribution in [0.25, 0.3) is 0 Å². The molecule has 0 spiro atoms. The van der Waals surface area contributed by atoms with Crippen LogP contribution in [0.5, 0.6) is 0 Å². The molecule has 0 aromatic rings. The molecule has 0 heterocycles. The molecule has 0 aromatic carbocycles. The summed E-state index contributed by atoms with van der Waals surface area (Å²) < 4.78 is 0. The van der Waals surface area contributed by atoms with Gasteiger partial charge in [0.25, 0.3) is 0 Å². The van der Waals surface area contributed by atoms with Crippen LogP contribution in [0.1, 0.15) is 13.8 Å². The molecule has 1 rings (SSSR count). The Kier molecular flexibility index (Phi) is 2.53. The molecule has 64 valence electrons. The molecule has 0 saturated carbocycles. The number of hydrogen-bond acceptors (Lipinski definition) is 1. The van der Waals surface area contributed by atoms with Gasteiger partial charge in [-0.15, -0.1) is 0 Å². The average molecular weight is 183 g/mol. The molecule has 1 aliphatic rings. The van der Waals surface area contributed by atoms with E-state index in [0.29, 0.717) is 0 Å². The largest absolute Gasteiger partial charge is 0.280 e. The molecular formula is C10H11ClO. The summed E-state index contributed by atoms with van der Waals surface area (Å²) in [5, 5.41) is -0.349. The van der Waals surface area contributed by atoms with Gasteiger partial charge in [-0.3, -0.25) is 4.79 Å². The fourth-order valence-corrected chi connectivity index (χ4v) is 1.07. The second-order valence-electron chi connectivity index (χ2n) is 3.16. The first-order valence-electron chi connectivity index (χ1n) is 3.80. The lowest BCUT2D eigenvalue weighted by atomic mass is 9.92. The summed E-state index contributed by atoms with van der Waals surface area (Å²) in [6, 6.07) is 0. The molecule has 0 aliphatic heterocycles. The molecule has 1 unspecified atom stereocenters. The van der Waals surface area contributed by atoms with E-state index >= 15 is 0 Å². The number of rotatable bonds is 1. The van der Waals surface area contributed by atoms with Gasteiger partial charge in [-0.2, -0.15) is 0 Å². The van der Waals surface area contributed by atoms with Crippen molar-refractivity contribution in [2.45, 2.75) is 13.8 Å². The lowest BCUT2D eigenvalue weighted by Crippen LogP contribution is -2.17. The van der Waals surface area contributed by atoms with E-state index in [9.17, 15) is 4.79 Å². The Labute approximate surface area is 77.4 Å². The van der Waals surface area contributed by atoms with E-state index in [1.807, 2.05) is 31.2 Å². The van der Waals surface area contributed by atoms with Crippen molar-refractivity contribution in [2.24, 2.45) is 5.41 Å². The topological polar surface area (TPSA) is 17.1 Å². The van der Waals surface area contributed by atoms with Crippen molar-refractivity contribution >= 4 is 16.8 Å². The highest BCUT2D eigenvalue weighted by atomic mass is 35.5. The van der Waals surface area contributed by atoms with Crippen LogP contribution in [0.4, 0.5) is 0 Å². The first-order valence-corrected chi connectivity index (χ1v) is 4.18. The third kappa shape index (κ3) is 1.86. The van der Waals surface area contributed by atoms with Crippen LogP contribution in [0, 0.1) is 5.41 Å². The second-order valence-corrected chi connectivity index (χ2v) is 3.50. The molecule has 0 aromatic heterocycles. The standard InChI is InChI=1S/C10H11ClO/c1-8-4-3-6-10(2,7-5-8)9(11)12/h3-7H,1-2H3. The fourth-order valence-electron chi connectivity index (χ4n) is 0.946. The second kappa shape index (κ2) is 3.28. The summed E-state index contributed by atoms with van der Waals surface area (Å²) in [5.41, 5.74) is 0.475. The van der Waals surface area contributed by atoms with Gasteiger partial charge in [-0.05, 0) is 25.4 Å². The summed E-state index contributed by atoms with van der Waals surface area (Å²) >= 11 is 5.45. The van der Waals surface area contributed by atoms with Crippen LogP contribution >= 0.6 is 11.6 Å². The predicted molar refractivity (Wildman–Crippen MR) is 51.0 cm³/mol. The third-order valence-corrected chi connectivity index (χ3v) is 2.32. The van der Waals surface area contributed by atoms with Crippen molar-refractivity contribution in [3.05, 3.63) is 36.0 Å². The van der Waals surface area contributed by atoms with Gasteiger partial charge in [0.05, 0.1) is 5.41 Å². The molecule has 0 saturated heterocycles. The van der Waals surface area contributed by atoms with Crippen molar-refractivity contribution in [3.8, 4) is 0 Å². The van der Waals surface area contributed by atoms with E-state index in [0.717, 1.165) is 5.57 Å². The van der Waals surface area contributed by atoms with E-state index in [1.165, 1.54) is 0 Å². The predicted octanol–water partition coefficient (Wildman–Crippen LogP) is 2.83. The molecule has 0 radical (unpaired) electrons. The Balaban J connectivity index is 3.00. The van der Waals surface area contributed by atoms with Gasteiger partial charge in [0, 0.05) is 0 Å². The van der Waals surface area contributed by atoms with Gasteiger partial charge < -0.3 is 0 Å². The Hall–Kier alpha value is -0.820. The first-order chi connectivity index (χ1) is 5.54. The molecule has 1 nitrogen and oxygen atoms in total. The first kappa shape index (κ1) is 9.27. The fraction of sp³-hybridized carbons (Fsp3) is 0.300. The molecule has 1 aliphatic carbocycles. The lowest BCUT2D eigenvalue weighted by Gasteiger charge is -2.14. The summed E-state index contributed by atoms with van der Waals surface area (Å²) in [6.07, 6.45) is 9.32. The lowest BCUT2D eigenvalue weighted by molar-refractivity contribution is -0.115. The van der Waals surface area contributed by atoms with Gasteiger partial charge in [0.15, 0.2) is 0 Å². The molecular weight excluding hydrogens is 172 g/mol. The van der Waals surface area contributed by atoms with Crippen LogP contribution in [-0.2, 0) is 4.79 Å². The smallest absolute Gasteiger partial charge is 0.235 e. The van der Waals surface area contributed by atoms with Gasteiger partial charge in [-0.25, -0.2) is 0 Å². The van der Waals surface area contributed by atoms with Crippen molar-refractivity contribution in [3.63, 3.8) is 0 Å². The van der Waals surface area contributed by atoms with E-state index < -0.39 is 5.41 Å². The third-order valence-electron chi connectivity index (χ3n) is 1.92. The van der Waals surface area contributed by atoms with Gasteiger partial charge >= 0.3 is 0 Å². The quantitative estimate of drug-likeness (QED) is 0.570. The highest BCUT2D eigenvalue weighted by Crippen LogP contribution is 2.26. The number of carbonyl (C=O) groups excluding carboxylic acids is 1. The van der Waals surface area contributed by atoms with Crippen molar-refractivity contribution in [1.82, 2.24) is 0 Å². The Morgan fingerprint density at radius 2 is 2.17 bits per heavy atom. The maximum absolute atomic E-state index is 11.0.